The topological polar surface area (TPSA) is 106 Å². The number of amides is 3. The number of alkyl carbamates (subject to hydrolysis) is 1. The highest BCUT2D eigenvalue weighted by molar-refractivity contribution is 6.31. The lowest BCUT2D eigenvalue weighted by Gasteiger charge is -2.28. The largest absolute Gasteiger partial charge is 0.453 e. The molecule has 0 aromatic heterocycles. The highest BCUT2D eigenvalue weighted by atomic mass is 35.5. The first-order valence-electron chi connectivity index (χ1n) is 9.68. The van der Waals surface area contributed by atoms with Crippen LogP contribution < -0.4 is 16.0 Å². The van der Waals surface area contributed by atoms with E-state index in [0.29, 0.717) is 16.3 Å². The minimum absolute atomic E-state index is 0.132. The van der Waals surface area contributed by atoms with Gasteiger partial charge in [-0.3, -0.25) is 10.1 Å². The zero-order valence-electron chi connectivity index (χ0n) is 17.7. The molecule has 1 atom stereocenters. The van der Waals surface area contributed by atoms with Crippen molar-refractivity contribution < 1.29 is 23.9 Å². The van der Waals surface area contributed by atoms with Crippen LogP contribution in [0.25, 0.3) is 0 Å². The van der Waals surface area contributed by atoms with Gasteiger partial charge in [0.2, 0.25) is 5.91 Å². The van der Waals surface area contributed by atoms with Crippen LogP contribution in [0.5, 0.6) is 0 Å². The summed E-state index contributed by atoms with van der Waals surface area (Å²) in [5.41, 5.74) is 0.807. The van der Waals surface area contributed by atoms with Crippen molar-refractivity contribution in [1.82, 2.24) is 10.6 Å². The van der Waals surface area contributed by atoms with E-state index in [1.807, 2.05) is 19.1 Å². The SMILES string of the molecule is CCc1ccc(NC(=O)OCC(C)(NC(=O)OC)C(=O)NCc2ccccc2Cl)cc1. The lowest BCUT2D eigenvalue weighted by Crippen LogP contribution is -2.59. The maximum atomic E-state index is 12.8. The first-order chi connectivity index (χ1) is 14.8. The van der Waals surface area contributed by atoms with E-state index in [2.05, 4.69) is 20.7 Å². The summed E-state index contributed by atoms with van der Waals surface area (Å²) in [5, 5.41) is 8.19. The number of rotatable bonds is 8. The van der Waals surface area contributed by atoms with Crippen molar-refractivity contribution in [3.05, 3.63) is 64.7 Å². The molecule has 0 aliphatic rings. The van der Waals surface area contributed by atoms with Crippen molar-refractivity contribution in [3.8, 4) is 0 Å². The number of halogens is 1. The summed E-state index contributed by atoms with van der Waals surface area (Å²) in [6, 6.07) is 14.3. The first-order valence-corrected chi connectivity index (χ1v) is 10.1. The Balaban J connectivity index is 2.01. The monoisotopic (exact) mass is 447 g/mol. The van der Waals surface area contributed by atoms with Crippen LogP contribution in [0, 0.1) is 0 Å². The highest BCUT2D eigenvalue weighted by Gasteiger charge is 2.37. The molecule has 0 aliphatic heterocycles. The standard InChI is InChI=1S/C22H26ClN3O5/c1-4-15-9-11-17(12-10-15)25-20(28)31-14-22(2,26-21(29)30-3)19(27)24-13-16-7-5-6-8-18(16)23/h5-12H,4,13-14H2,1-3H3,(H,24,27)(H,25,28)(H,26,29). The average Bonchev–Trinajstić information content (AvgIpc) is 2.77. The van der Waals surface area contributed by atoms with Gasteiger partial charge in [0.25, 0.3) is 0 Å². The molecule has 9 heteroatoms. The molecule has 0 spiro atoms. The molecule has 0 saturated carbocycles. The predicted molar refractivity (Wildman–Crippen MR) is 118 cm³/mol. The van der Waals surface area contributed by atoms with E-state index in [1.165, 1.54) is 14.0 Å². The van der Waals surface area contributed by atoms with Gasteiger partial charge in [-0.25, -0.2) is 9.59 Å². The normalized spacial score (nSPS) is 12.3. The summed E-state index contributed by atoms with van der Waals surface area (Å²) in [6.07, 6.45) is -0.721. The van der Waals surface area contributed by atoms with Gasteiger partial charge in [0, 0.05) is 17.3 Å². The van der Waals surface area contributed by atoms with Gasteiger partial charge in [-0.2, -0.15) is 0 Å². The van der Waals surface area contributed by atoms with Crippen molar-refractivity contribution in [3.63, 3.8) is 0 Å². The Kier molecular flexibility index (Phi) is 8.69. The quantitative estimate of drug-likeness (QED) is 0.569. The molecular formula is C22H26ClN3O5. The lowest BCUT2D eigenvalue weighted by atomic mass is 10.0. The molecule has 0 saturated heterocycles. The second kappa shape index (κ2) is 11.2. The number of hydrogen-bond donors (Lipinski definition) is 3. The van der Waals surface area contributed by atoms with Gasteiger partial charge in [-0.1, -0.05) is 48.9 Å². The smallest absolute Gasteiger partial charge is 0.411 e. The Labute approximate surface area is 186 Å². The number of nitrogens with one attached hydrogen (secondary N) is 3. The fourth-order valence-corrected chi connectivity index (χ4v) is 2.84. The molecule has 3 amide bonds. The van der Waals surface area contributed by atoms with Gasteiger partial charge in [-0.05, 0) is 42.7 Å². The number of aryl methyl sites for hydroxylation is 1. The molecule has 2 aromatic carbocycles. The predicted octanol–water partition coefficient (Wildman–Crippen LogP) is 3.88. The van der Waals surface area contributed by atoms with Crippen LogP contribution in [-0.4, -0.2) is 37.3 Å². The Morgan fingerprint density at radius 3 is 2.32 bits per heavy atom. The molecule has 31 heavy (non-hydrogen) atoms. The van der Waals surface area contributed by atoms with Crippen LogP contribution in [0.4, 0.5) is 15.3 Å². The van der Waals surface area contributed by atoms with Crippen LogP contribution in [0.2, 0.25) is 5.02 Å². The van der Waals surface area contributed by atoms with Gasteiger partial charge in [-0.15, -0.1) is 0 Å². The molecule has 1 unspecified atom stereocenters. The summed E-state index contributed by atoms with van der Waals surface area (Å²) in [5.74, 6) is -0.571. The third-order valence-corrected chi connectivity index (χ3v) is 4.93. The van der Waals surface area contributed by atoms with Crippen LogP contribution in [0.1, 0.15) is 25.0 Å². The molecule has 0 heterocycles. The van der Waals surface area contributed by atoms with Crippen molar-refractivity contribution in [1.29, 1.82) is 0 Å². The maximum absolute atomic E-state index is 12.8. The Bertz CT molecular complexity index is 920. The molecule has 3 N–H and O–H groups in total. The van der Waals surface area contributed by atoms with E-state index < -0.39 is 30.2 Å². The minimum atomic E-state index is -1.57. The molecule has 2 aromatic rings. The van der Waals surface area contributed by atoms with Gasteiger partial charge in [0.15, 0.2) is 5.54 Å². The number of ether oxygens (including phenoxy) is 2. The molecule has 8 nitrogen and oxygen atoms in total. The third-order valence-electron chi connectivity index (χ3n) is 4.56. The number of carbonyl (C=O) groups excluding carboxylic acids is 3. The van der Waals surface area contributed by atoms with E-state index in [-0.39, 0.29) is 6.54 Å². The lowest BCUT2D eigenvalue weighted by molar-refractivity contribution is -0.128. The second-order valence-corrected chi connectivity index (χ2v) is 7.38. The molecule has 0 bridgehead atoms. The molecule has 0 fully saturated rings. The van der Waals surface area contributed by atoms with E-state index in [4.69, 9.17) is 16.3 Å². The zero-order valence-corrected chi connectivity index (χ0v) is 18.4. The summed E-state index contributed by atoms with van der Waals surface area (Å²) in [4.78, 5) is 36.8. The second-order valence-electron chi connectivity index (χ2n) is 6.97. The molecular weight excluding hydrogens is 422 g/mol. The first kappa shape index (κ1) is 24.0. The van der Waals surface area contributed by atoms with Crippen LogP contribution in [0.3, 0.4) is 0 Å². The van der Waals surface area contributed by atoms with Crippen LogP contribution >= 0.6 is 11.6 Å². The van der Waals surface area contributed by atoms with Gasteiger partial charge in [0.05, 0.1) is 7.11 Å². The fourth-order valence-electron chi connectivity index (χ4n) is 2.63. The number of benzene rings is 2. The van der Waals surface area contributed by atoms with Crippen molar-refractivity contribution in [2.24, 2.45) is 0 Å². The summed E-state index contributed by atoms with van der Waals surface area (Å²) in [6.45, 7) is 3.17. The van der Waals surface area contributed by atoms with Crippen LogP contribution in [0.15, 0.2) is 48.5 Å². The molecule has 0 aliphatic carbocycles. The Morgan fingerprint density at radius 2 is 1.71 bits per heavy atom. The Hall–Kier alpha value is -3.26. The fraction of sp³-hybridized carbons (Fsp3) is 0.318. The Morgan fingerprint density at radius 1 is 1.03 bits per heavy atom. The van der Waals surface area contributed by atoms with Gasteiger partial charge in [0.1, 0.15) is 6.61 Å². The molecule has 2 rings (SSSR count). The maximum Gasteiger partial charge on any atom is 0.411 e. The van der Waals surface area contributed by atoms with Gasteiger partial charge < -0.3 is 20.1 Å². The minimum Gasteiger partial charge on any atom is -0.453 e. The molecule has 166 valence electrons. The van der Waals surface area contributed by atoms with E-state index in [9.17, 15) is 14.4 Å². The van der Waals surface area contributed by atoms with Crippen molar-refractivity contribution in [2.75, 3.05) is 19.0 Å². The highest BCUT2D eigenvalue weighted by Crippen LogP contribution is 2.16. The number of hydrogen-bond acceptors (Lipinski definition) is 5. The van der Waals surface area contributed by atoms with Crippen LogP contribution in [-0.2, 0) is 27.2 Å². The summed E-state index contributed by atoms with van der Waals surface area (Å²) in [7, 11) is 1.17. The van der Waals surface area contributed by atoms with E-state index in [0.717, 1.165) is 12.0 Å². The van der Waals surface area contributed by atoms with E-state index >= 15 is 0 Å². The molecule has 0 radical (unpaired) electrons. The number of methoxy groups -OCH3 is 1. The van der Waals surface area contributed by atoms with Crippen molar-refractivity contribution >= 4 is 35.4 Å². The summed E-state index contributed by atoms with van der Waals surface area (Å²) < 4.78 is 9.80. The van der Waals surface area contributed by atoms with E-state index in [1.54, 1.807) is 36.4 Å². The average molecular weight is 448 g/mol. The zero-order chi connectivity index (χ0) is 22.9. The number of anilines is 1. The van der Waals surface area contributed by atoms with Crippen molar-refractivity contribution in [2.45, 2.75) is 32.4 Å². The summed E-state index contributed by atoms with van der Waals surface area (Å²) >= 11 is 6.11. The number of carbonyl (C=O) groups is 3. The van der Waals surface area contributed by atoms with Gasteiger partial charge >= 0.3 is 12.2 Å². The third kappa shape index (κ3) is 7.18.